The van der Waals surface area contributed by atoms with Gasteiger partial charge in [0.1, 0.15) is 0 Å². The summed E-state index contributed by atoms with van der Waals surface area (Å²) in [6.45, 7) is 2.29. The molecule has 1 aliphatic carbocycles. The summed E-state index contributed by atoms with van der Waals surface area (Å²) >= 11 is 0. The third kappa shape index (κ3) is 2.25. The van der Waals surface area contributed by atoms with Gasteiger partial charge in [-0.15, -0.1) is 0 Å². The Kier molecular flexibility index (Phi) is 3.18. The Morgan fingerprint density at radius 1 is 0.941 bits per heavy atom. The number of rotatable bonds is 1. The molecule has 1 unspecified atom stereocenters. The molecule has 0 radical (unpaired) electrons. The van der Waals surface area contributed by atoms with Crippen LogP contribution in [0.25, 0.3) is 0 Å². The highest BCUT2D eigenvalue weighted by Gasteiger charge is 2.47. The number of aliphatic hydroxyl groups is 1. The van der Waals surface area contributed by atoms with Crippen LogP contribution in [0.1, 0.15) is 51.4 Å². The van der Waals surface area contributed by atoms with E-state index >= 15 is 0 Å². The van der Waals surface area contributed by atoms with Crippen molar-refractivity contribution in [3.05, 3.63) is 0 Å². The molecule has 0 aromatic rings. The molecule has 0 aromatic heterocycles. The zero-order chi connectivity index (χ0) is 11.8. The first-order chi connectivity index (χ1) is 8.23. The maximum atomic E-state index is 10.8. The summed E-state index contributed by atoms with van der Waals surface area (Å²) in [5.74, 6) is 0.429. The van der Waals surface area contributed by atoms with Crippen LogP contribution < -0.4 is 0 Å². The molecule has 1 N–H and O–H groups in total. The molecule has 2 aliphatic heterocycles. The van der Waals surface area contributed by atoms with E-state index in [0.29, 0.717) is 5.92 Å². The predicted molar refractivity (Wildman–Crippen MR) is 64.9 cm³/mol. The van der Waals surface area contributed by atoms with Gasteiger partial charge in [-0.05, 0) is 44.4 Å². The Bertz CT molecular complexity index is 265. The van der Waals surface area contributed by atoms with Crippen molar-refractivity contribution in [3.8, 4) is 0 Å². The van der Waals surface area contributed by atoms with Crippen LogP contribution in [-0.2, 0) is 9.47 Å². The third-order valence-electron chi connectivity index (χ3n) is 5.13. The first-order valence-electron chi connectivity index (χ1n) is 7.17. The molecule has 3 rings (SSSR count). The normalized spacial score (nSPS) is 36.2. The molecule has 1 spiro atoms. The Labute approximate surface area is 103 Å². The zero-order valence-corrected chi connectivity index (χ0v) is 10.6. The second-order valence-electron chi connectivity index (χ2n) is 6.14. The van der Waals surface area contributed by atoms with Gasteiger partial charge in [0.25, 0.3) is 0 Å². The van der Waals surface area contributed by atoms with E-state index in [2.05, 4.69) is 0 Å². The minimum Gasteiger partial charge on any atom is -0.389 e. The predicted octanol–water partition coefficient (Wildman–Crippen LogP) is 2.27. The van der Waals surface area contributed by atoms with E-state index < -0.39 is 5.60 Å². The molecule has 1 saturated carbocycles. The lowest BCUT2D eigenvalue weighted by Crippen LogP contribution is -2.50. The summed E-state index contributed by atoms with van der Waals surface area (Å²) in [6, 6.07) is 0. The van der Waals surface area contributed by atoms with E-state index in [1.54, 1.807) is 0 Å². The van der Waals surface area contributed by atoms with E-state index in [-0.39, 0.29) is 5.60 Å². The standard InChI is InChI=1S/C14H24O3/c15-14(6-9-16-10-7-14)12-3-8-17-13(11-12)4-1-2-5-13/h12,15H,1-11H2. The molecule has 3 heteroatoms. The summed E-state index contributed by atoms with van der Waals surface area (Å²) in [5.41, 5.74) is -0.353. The summed E-state index contributed by atoms with van der Waals surface area (Å²) in [4.78, 5) is 0. The van der Waals surface area contributed by atoms with Crippen molar-refractivity contribution in [2.45, 2.75) is 62.6 Å². The highest BCUT2D eigenvalue weighted by atomic mass is 16.5. The molecule has 2 saturated heterocycles. The van der Waals surface area contributed by atoms with Crippen molar-refractivity contribution < 1.29 is 14.6 Å². The minimum atomic E-state index is -0.475. The van der Waals surface area contributed by atoms with E-state index in [9.17, 15) is 5.11 Å². The fourth-order valence-electron chi connectivity index (χ4n) is 3.99. The van der Waals surface area contributed by atoms with Crippen LogP contribution >= 0.6 is 0 Å². The molecule has 2 heterocycles. The zero-order valence-electron chi connectivity index (χ0n) is 10.6. The van der Waals surface area contributed by atoms with Crippen LogP contribution in [0.15, 0.2) is 0 Å². The van der Waals surface area contributed by atoms with Crippen LogP contribution in [0.2, 0.25) is 0 Å². The Balaban J connectivity index is 1.70. The van der Waals surface area contributed by atoms with Gasteiger partial charge >= 0.3 is 0 Å². The highest BCUT2D eigenvalue weighted by molar-refractivity contribution is 4.98. The van der Waals surface area contributed by atoms with Gasteiger partial charge in [-0.2, -0.15) is 0 Å². The number of hydrogen-bond donors (Lipinski definition) is 1. The molecule has 17 heavy (non-hydrogen) atoms. The molecule has 3 nitrogen and oxygen atoms in total. The summed E-state index contributed by atoms with van der Waals surface area (Å²) in [7, 11) is 0. The molecule has 0 amide bonds. The van der Waals surface area contributed by atoms with Crippen molar-refractivity contribution in [1.29, 1.82) is 0 Å². The van der Waals surface area contributed by atoms with E-state index in [1.807, 2.05) is 0 Å². The van der Waals surface area contributed by atoms with Gasteiger partial charge in [0.15, 0.2) is 0 Å². The molecule has 3 aliphatic rings. The van der Waals surface area contributed by atoms with Crippen molar-refractivity contribution >= 4 is 0 Å². The SMILES string of the molecule is OC1(C2CCOC3(CCCC3)C2)CCOCC1. The van der Waals surface area contributed by atoms with Gasteiger partial charge in [0, 0.05) is 19.8 Å². The Morgan fingerprint density at radius 3 is 2.35 bits per heavy atom. The molecular weight excluding hydrogens is 216 g/mol. The smallest absolute Gasteiger partial charge is 0.0721 e. The average Bonchev–Trinajstić information content (AvgIpc) is 2.78. The molecule has 1 atom stereocenters. The lowest BCUT2D eigenvalue weighted by molar-refractivity contribution is -0.164. The fraction of sp³-hybridized carbons (Fsp3) is 1.00. The fourth-order valence-corrected chi connectivity index (χ4v) is 3.99. The van der Waals surface area contributed by atoms with Crippen LogP contribution in [0.5, 0.6) is 0 Å². The van der Waals surface area contributed by atoms with Crippen LogP contribution in [0.4, 0.5) is 0 Å². The quantitative estimate of drug-likeness (QED) is 0.764. The van der Waals surface area contributed by atoms with Gasteiger partial charge in [0.2, 0.25) is 0 Å². The lowest BCUT2D eigenvalue weighted by atomic mass is 9.72. The molecule has 0 aromatic carbocycles. The Hall–Kier alpha value is -0.120. The van der Waals surface area contributed by atoms with Gasteiger partial charge in [0.05, 0.1) is 11.2 Å². The monoisotopic (exact) mass is 240 g/mol. The highest BCUT2D eigenvalue weighted by Crippen LogP contribution is 2.46. The van der Waals surface area contributed by atoms with Gasteiger partial charge in [-0.3, -0.25) is 0 Å². The third-order valence-corrected chi connectivity index (χ3v) is 5.13. The van der Waals surface area contributed by atoms with Crippen LogP contribution in [0, 0.1) is 5.92 Å². The Morgan fingerprint density at radius 2 is 1.65 bits per heavy atom. The molecule has 98 valence electrons. The van der Waals surface area contributed by atoms with E-state index in [1.165, 1.54) is 25.7 Å². The summed E-state index contributed by atoms with van der Waals surface area (Å²) < 4.78 is 11.4. The average molecular weight is 240 g/mol. The number of ether oxygens (including phenoxy) is 2. The maximum absolute atomic E-state index is 10.8. The van der Waals surface area contributed by atoms with E-state index in [4.69, 9.17) is 9.47 Å². The van der Waals surface area contributed by atoms with Crippen molar-refractivity contribution in [1.82, 2.24) is 0 Å². The molecule has 0 bridgehead atoms. The maximum Gasteiger partial charge on any atom is 0.0721 e. The van der Waals surface area contributed by atoms with Crippen molar-refractivity contribution in [2.24, 2.45) is 5.92 Å². The summed E-state index contributed by atoms with van der Waals surface area (Å²) in [5, 5.41) is 10.8. The first kappa shape index (κ1) is 11.9. The molecular formula is C14H24O3. The topological polar surface area (TPSA) is 38.7 Å². The second kappa shape index (κ2) is 4.52. The van der Waals surface area contributed by atoms with Gasteiger partial charge in [-0.1, -0.05) is 12.8 Å². The largest absolute Gasteiger partial charge is 0.389 e. The minimum absolute atomic E-state index is 0.122. The first-order valence-corrected chi connectivity index (χ1v) is 7.17. The van der Waals surface area contributed by atoms with Gasteiger partial charge < -0.3 is 14.6 Å². The summed E-state index contributed by atoms with van der Waals surface area (Å²) in [6.07, 6.45) is 8.73. The lowest BCUT2D eigenvalue weighted by Gasteiger charge is -2.46. The van der Waals surface area contributed by atoms with Crippen LogP contribution in [0.3, 0.4) is 0 Å². The molecule has 3 fully saturated rings. The van der Waals surface area contributed by atoms with Crippen molar-refractivity contribution in [2.75, 3.05) is 19.8 Å². The van der Waals surface area contributed by atoms with Crippen LogP contribution in [-0.4, -0.2) is 36.1 Å². The van der Waals surface area contributed by atoms with E-state index in [0.717, 1.165) is 45.5 Å². The van der Waals surface area contributed by atoms with Crippen molar-refractivity contribution in [3.63, 3.8) is 0 Å². The number of hydrogen-bond acceptors (Lipinski definition) is 3. The van der Waals surface area contributed by atoms with Gasteiger partial charge in [-0.25, -0.2) is 0 Å². The second-order valence-corrected chi connectivity index (χ2v) is 6.14.